The lowest BCUT2D eigenvalue weighted by atomic mass is 9.99. The highest BCUT2D eigenvalue weighted by molar-refractivity contribution is 6.09. The molecule has 0 bridgehead atoms. The molecule has 0 N–H and O–H groups in total. The molecule has 1 aliphatic carbocycles. The molecule has 0 spiro atoms. The zero-order chi connectivity index (χ0) is 22.9. The Kier molecular flexibility index (Phi) is 5.42. The molecule has 166 valence electrons. The van der Waals surface area contributed by atoms with Gasteiger partial charge in [-0.2, -0.15) is 5.10 Å². The van der Waals surface area contributed by atoms with Crippen LogP contribution in [0.5, 0.6) is 5.75 Å². The summed E-state index contributed by atoms with van der Waals surface area (Å²) in [6.07, 6.45) is 7.57. The Morgan fingerprint density at radius 2 is 1.94 bits per heavy atom. The molecule has 0 saturated carbocycles. The number of allylic oxidation sites excluding steroid dienone is 1. The average molecular weight is 439 g/mol. The van der Waals surface area contributed by atoms with Crippen LogP contribution in [0.2, 0.25) is 0 Å². The molecule has 4 aromatic rings. The number of para-hydroxylation sites is 1. The molecule has 2 aromatic heterocycles. The molecule has 5 rings (SSSR count). The zero-order valence-corrected chi connectivity index (χ0v) is 19.1. The van der Waals surface area contributed by atoms with Gasteiger partial charge in [0.25, 0.3) is 5.91 Å². The third kappa shape index (κ3) is 4.00. The highest BCUT2D eigenvalue weighted by atomic mass is 16.5. The van der Waals surface area contributed by atoms with E-state index in [9.17, 15) is 4.79 Å². The number of pyridine rings is 1. The summed E-state index contributed by atoms with van der Waals surface area (Å²) in [5.74, 6) is 0.844. The maximum Gasteiger partial charge on any atom is 0.254 e. The lowest BCUT2D eigenvalue weighted by molar-refractivity contribution is 0.0786. The van der Waals surface area contributed by atoms with Crippen LogP contribution in [-0.2, 0) is 20.0 Å². The number of aromatic nitrogens is 3. The highest BCUT2D eigenvalue weighted by Gasteiger charge is 2.28. The molecule has 6 nitrogen and oxygen atoms in total. The van der Waals surface area contributed by atoms with Crippen molar-refractivity contribution in [3.8, 4) is 5.75 Å². The van der Waals surface area contributed by atoms with Gasteiger partial charge in [0, 0.05) is 37.8 Å². The molecule has 2 aromatic carbocycles. The Bertz CT molecular complexity index is 1370. The van der Waals surface area contributed by atoms with Crippen molar-refractivity contribution in [2.75, 3.05) is 14.2 Å². The second-order valence-corrected chi connectivity index (χ2v) is 8.46. The molecular weight excluding hydrogens is 412 g/mol. The minimum Gasteiger partial charge on any atom is -0.497 e. The topological polar surface area (TPSA) is 60.2 Å². The van der Waals surface area contributed by atoms with Crippen LogP contribution in [0.1, 0.15) is 39.2 Å². The van der Waals surface area contributed by atoms with Gasteiger partial charge in [-0.1, -0.05) is 30.3 Å². The van der Waals surface area contributed by atoms with Crippen LogP contribution < -0.4 is 4.74 Å². The largest absolute Gasteiger partial charge is 0.497 e. The first-order chi connectivity index (χ1) is 16.0. The van der Waals surface area contributed by atoms with Crippen LogP contribution in [-0.4, -0.2) is 39.7 Å². The van der Waals surface area contributed by atoms with E-state index in [1.54, 1.807) is 22.9 Å². The van der Waals surface area contributed by atoms with Crippen molar-refractivity contribution < 1.29 is 9.53 Å². The van der Waals surface area contributed by atoms with Crippen molar-refractivity contribution in [1.29, 1.82) is 0 Å². The van der Waals surface area contributed by atoms with Gasteiger partial charge in [0.2, 0.25) is 0 Å². The van der Waals surface area contributed by atoms with E-state index in [4.69, 9.17) is 9.72 Å². The Morgan fingerprint density at radius 1 is 1.15 bits per heavy atom. The number of carbonyl (C=O) groups is 1. The van der Waals surface area contributed by atoms with Gasteiger partial charge in [-0.3, -0.25) is 9.48 Å². The van der Waals surface area contributed by atoms with Gasteiger partial charge < -0.3 is 9.64 Å². The summed E-state index contributed by atoms with van der Waals surface area (Å²) in [7, 11) is 5.39. The van der Waals surface area contributed by atoms with Crippen molar-refractivity contribution in [3.63, 3.8) is 0 Å². The minimum atomic E-state index is 0.0133. The number of nitrogens with zero attached hydrogens (tertiary/aromatic N) is 4. The van der Waals surface area contributed by atoms with Crippen molar-refractivity contribution in [3.05, 3.63) is 88.9 Å². The third-order valence-corrected chi connectivity index (χ3v) is 6.14. The number of fused-ring (bicyclic) bond motifs is 2. The van der Waals surface area contributed by atoms with E-state index in [0.717, 1.165) is 63.0 Å². The molecule has 6 heteroatoms. The van der Waals surface area contributed by atoms with Crippen LogP contribution in [0, 0.1) is 0 Å². The number of benzene rings is 2. The van der Waals surface area contributed by atoms with E-state index >= 15 is 0 Å². The number of hydrogen-bond acceptors (Lipinski definition) is 4. The van der Waals surface area contributed by atoms with Crippen molar-refractivity contribution in [2.24, 2.45) is 7.05 Å². The molecule has 1 amide bonds. The normalized spacial score (nSPS) is 14.0. The standard InChI is InChI=1S/C27H26N4O2/c1-30(16-19-15-28-31(2)17-19)27(32)25-22-6-4-5-7-24(22)29-26-20(10-13-23(25)26)14-18-8-11-21(33-3)12-9-18/h4-9,11-12,14-15,17H,10,13,16H2,1-3H3/b20-14-. The lowest BCUT2D eigenvalue weighted by Gasteiger charge is -2.20. The van der Waals surface area contributed by atoms with Crippen LogP contribution in [0.25, 0.3) is 22.6 Å². The number of methoxy groups -OCH3 is 1. The van der Waals surface area contributed by atoms with Gasteiger partial charge in [0.05, 0.1) is 30.1 Å². The summed E-state index contributed by atoms with van der Waals surface area (Å²) in [6, 6.07) is 15.9. The molecule has 0 atom stereocenters. The number of rotatable bonds is 5. The molecule has 0 saturated heterocycles. The summed E-state index contributed by atoms with van der Waals surface area (Å²) in [6.45, 7) is 0.507. The van der Waals surface area contributed by atoms with Gasteiger partial charge in [0.1, 0.15) is 5.75 Å². The maximum atomic E-state index is 13.7. The average Bonchev–Trinajstić information content (AvgIpc) is 3.43. The molecule has 0 aliphatic heterocycles. The molecule has 2 heterocycles. The first-order valence-corrected chi connectivity index (χ1v) is 11.0. The number of aryl methyl sites for hydroxylation is 1. The molecule has 33 heavy (non-hydrogen) atoms. The summed E-state index contributed by atoms with van der Waals surface area (Å²) >= 11 is 0. The molecule has 0 unspecified atom stereocenters. The number of amides is 1. The first kappa shape index (κ1) is 20.9. The number of ether oxygens (including phenoxy) is 1. The summed E-state index contributed by atoms with van der Waals surface area (Å²) in [5, 5.41) is 5.13. The van der Waals surface area contributed by atoms with Crippen molar-refractivity contribution >= 4 is 28.5 Å². The number of hydrogen-bond donors (Lipinski definition) is 0. The fourth-order valence-electron chi connectivity index (χ4n) is 4.51. The first-order valence-electron chi connectivity index (χ1n) is 11.0. The van der Waals surface area contributed by atoms with E-state index in [2.05, 4.69) is 11.2 Å². The SMILES string of the molecule is COc1ccc(/C=C2/CCc3c2nc2ccccc2c3C(=O)N(C)Cc2cnn(C)c2)cc1. The fraction of sp³-hybridized carbons (Fsp3) is 0.222. The minimum absolute atomic E-state index is 0.0133. The molecule has 1 aliphatic rings. The summed E-state index contributed by atoms with van der Waals surface area (Å²) < 4.78 is 7.02. The summed E-state index contributed by atoms with van der Waals surface area (Å²) in [4.78, 5) is 20.5. The van der Waals surface area contributed by atoms with E-state index in [-0.39, 0.29) is 5.91 Å². The molecule has 0 fully saturated rings. The van der Waals surface area contributed by atoms with E-state index in [1.807, 2.05) is 68.8 Å². The van der Waals surface area contributed by atoms with Gasteiger partial charge in [0.15, 0.2) is 0 Å². The van der Waals surface area contributed by atoms with Crippen LogP contribution in [0.4, 0.5) is 0 Å². The van der Waals surface area contributed by atoms with Gasteiger partial charge in [-0.15, -0.1) is 0 Å². The van der Waals surface area contributed by atoms with Gasteiger partial charge in [-0.25, -0.2) is 4.98 Å². The van der Waals surface area contributed by atoms with E-state index in [1.165, 1.54) is 0 Å². The quantitative estimate of drug-likeness (QED) is 0.452. The Morgan fingerprint density at radius 3 is 2.67 bits per heavy atom. The zero-order valence-electron chi connectivity index (χ0n) is 19.1. The van der Waals surface area contributed by atoms with E-state index in [0.29, 0.717) is 6.54 Å². The number of carbonyl (C=O) groups excluding carboxylic acids is 1. The molecule has 0 radical (unpaired) electrons. The molecular formula is C27H26N4O2. The van der Waals surface area contributed by atoms with Crippen molar-refractivity contribution in [1.82, 2.24) is 19.7 Å². The van der Waals surface area contributed by atoms with Gasteiger partial charge in [-0.05, 0) is 53.8 Å². The van der Waals surface area contributed by atoms with Gasteiger partial charge >= 0.3 is 0 Å². The third-order valence-electron chi connectivity index (χ3n) is 6.14. The fourth-order valence-corrected chi connectivity index (χ4v) is 4.51. The van der Waals surface area contributed by atoms with E-state index < -0.39 is 0 Å². The predicted octanol–water partition coefficient (Wildman–Crippen LogP) is 4.74. The summed E-state index contributed by atoms with van der Waals surface area (Å²) in [5.41, 5.74) is 6.83. The second-order valence-electron chi connectivity index (χ2n) is 8.46. The van der Waals surface area contributed by atoms with Crippen molar-refractivity contribution in [2.45, 2.75) is 19.4 Å². The van der Waals surface area contributed by atoms with Crippen LogP contribution in [0.3, 0.4) is 0 Å². The monoisotopic (exact) mass is 438 g/mol. The Balaban J connectivity index is 1.56. The Hall–Kier alpha value is -3.93. The lowest BCUT2D eigenvalue weighted by Crippen LogP contribution is -2.27. The maximum absolute atomic E-state index is 13.7. The smallest absolute Gasteiger partial charge is 0.254 e. The predicted molar refractivity (Wildman–Crippen MR) is 130 cm³/mol. The Labute approximate surface area is 193 Å². The van der Waals surface area contributed by atoms with Crippen LogP contribution in [0.15, 0.2) is 60.9 Å². The highest BCUT2D eigenvalue weighted by Crippen LogP contribution is 2.38. The second kappa shape index (κ2) is 8.54. The van der Waals surface area contributed by atoms with Crippen LogP contribution >= 0.6 is 0 Å².